The number of nitrogens with zero attached hydrogens (tertiary/aromatic N) is 9. The van der Waals surface area contributed by atoms with Crippen molar-refractivity contribution in [3.05, 3.63) is 74.5 Å². The van der Waals surface area contributed by atoms with Gasteiger partial charge in [0, 0.05) is 55.8 Å². The summed E-state index contributed by atoms with van der Waals surface area (Å²) in [5.74, 6) is -0.742. The predicted molar refractivity (Wildman–Crippen MR) is 192 cm³/mol. The number of aliphatic imine (C=N–C) groups is 1. The van der Waals surface area contributed by atoms with E-state index in [4.69, 9.17) is 16.6 Å². The Labute approximate surface area is 305 Å². The topological polar surface area (TPSA) is 155 Å². The second-order valence-corrected chi connectivity index (χ2v) is 13.6. The van der Waals surface area contributed by atoms with E-state index in [0.717, 1.165) is 27.6 Å². The van der Waals surface area contributed by atoms with E-state index in [-0.39, 0.29) is 78.8 Å². The standard InChI is InChI=1S/C35H36ClF3N10O4/c1-4-25-29(46-12-14-47(15-13-46)32(52)28-30(51)19(2)10-11-40-28)33(53)49-34(43-31(44-49)21-6-5-7-26-22(21)17-41-45(26)3)48(25)18-27(50)42-24-9-8-20(16-23(24)36)35(37,38)39/h5-8,16-17,24,51H,4,9-15,18H2,1-3H3,(H,42,50). The number of aliphatic hydroxyl groups is 1. The van der Waals surface area contributed by atoms with Gasteiger partial charge in [-0.25, -0.2) is 0 Å². The average molecular weight is 753 g/mol. The molecular formula is C35H36ClF3N10O4. The largest absolute Gasteiger partial charge is 0.506 e. The second-order valence-electron chi connectivity index (χ2n) is 13.1. The number of hydrogen-bond donors (Lipinski definition) is 2. The lowest BCUT2D eigenvalue weighted by Gasteiger charge is -2.37. The number of aliphatic hydroxyl groups excluding tert-OH is 1. The van der Waals surface area contributed by atoms with Crippen LogP contribution in [0.3, 0.4) is 0 Å². The molecule has 3 aliphatic rings. The van der Waals surface area contributed by atoms with Crippen molar-refractivity contribution < 1.29 is 27.9 Å². The molecule has 2 aliphatic heterocycles. The molecule has 3 aromatic heterocycles. The first-order chi connectivity index (χ1) is 25.3. The highest BCUT2D eigenvalue weighted by atomic mass is 35.5. The summed E-state index contributed by atoms with van der Waals surface area (Å²) in [5.41, 5.74) is 1.56. The van der Waals surface area contributed by atoms with Crippen LogP contribution in [0.5, 0.6) is 0 Å². The fourth-order valence-electron chi connectivity index (χ4n) is 6.97. The number of rotatable bonds is 7. The third-order valence-corrected chi connectivity index (χ3v) is 10.2. The van der Waals surface area contributed by atoms with Gasteiger partial charge in [-0.15, -0.1) is 5.10 Å². The van der Waals surface area contributed by atoms with Crippen molar-refractivity contribution in [2.45, 2.75) is 51.9 Å². The third kappa shape index (κ3) is 6.57. The third-order valence-electron chi connectivity index (χ3n) is 9.83. The van der Waals surface area contributed by atoms with Crippen molar-refractivity contribution >= 4 is 51.5 Å². The van der Waals surface area contributed by atoms with Crippen LogP contribution in [0.25, 0.3) is 28.1 Å². The lowest BCUT2D eigenvalue weighted by atomic mass is 10.0. The first kappa shape index (κ1) is 35.9. The normalized spacial score (nSPS) is 18.4. The number of carbonyl (C=O) groups is 2. The number of aryl methyl sites for hydroxylation is 1. The number of amides is 2. The number of nitrogens with one attached hydrogen (secondary N) is 1. The Morgan fingerprint density at radius 1 is 1.15 bits per heavy atom. The van der Waals surface area contributed by atoms with E-state index in [2.05, 4.69) is 20.5 Å². The van der Waals surface area contributed by atoms with E-state index in [1.54, 1.807) is 34.3 Å². The van der Waals surface area contributed by atoms with Gasteiger partial charge in [0.25, 0.3) is 11.5 Å². The maximum atomic E-state index is 14.4. The Morgan fingerprint density at radius 3 is 2.60 bits per heavy atom. The number of fused-ring (bicyclic) bond motifs is 2. The zero-order valence-electron chi connectivity index (χ0n) is 29.1. The molecule has 1 atom stereocenters. The second kappa shape index (κ2) is 13.8. The molecule has 4 aromatic rings. The van der Waals surface area contributed by atoms with Crippen LogP contribution in [0.1, 0.15) is 32.4 Å². The molecule has 1 fully saturated rings. The SMILES string of the molecule is CCc1c(N2CCN(C(=O)C3=NCCC(C)=C3O)CC2)c(=O)n2nc(-c3cccc4c3cnn4C)nc2n1CC(=O)NC1CC=C(C(F)(F)F)C=C1Cl. The highest BCUT2D eigenvalue weighted by molar-refractivity contribution is 6.44. The molecule has 7 rings (SSSR count). The highest BCUT2D eigenvalue weighted by Crippen LogP contribution is 2.33. The number of dihydropyridines is 1. The molecular weight excluding hydrogens is 717 g/mol. The van der Waals surface area contributed by atoms with Crippen molar-refractivity contribution in [1.29, 1.82) is 0 Å². The van der Waals surface area contributed by atoms with Gasteiger partial charge < -0.3 is 24.8 Å². The summed E-state index contributed by atoms with van der Waals surface area (Å²) >= 11 is 6.22. The molecule has 2 amide bonds. The predicted octanol–water partition coefficient (Wildman–Crippen LogP) is 3.83. The van der Waals surface area contributed by atoms with Crippen LogP contribution in [0.2, 0.25) is 0 Å². The van der Waals surface area contributed by atoms with Crippen LogP contribution in [0, 0.1) is 0 Å². The van der Waals surface area contributed by atoms with Gasteiger partial charge in [0.2, 0.25) is 11.7 Å². The van der Waals surface area contributed by atoms with Crippen LogP contribution in [0.15, 0.2) is 68.3 Å². The van der Waals surface area contributed by atoms with Gasteiger partial charge in [0.15, 0.2) is 11.5 Å². The molecule has 2 N–H and O–H groups in total. The molecule has 53 heavy (non-hydrogen) atoms. The Hall–Kier alpha value is -5.45. The van der Waals surface area contributed by atoms with Gasteiger partial charge in [-0.2, -0.15) is 27.8 Å². The minimum atomic E-state index is -4.57. The maximum Gasteiger partial charge on any atom is 0.416 e. The van der Waals surface area contributed by atoms with E-state index in [9.17, 15) is 32.7 Å². The van der Waals surface area contributed by atoms with E-state index in [0.29, 0.717) is 36.2 Å². The first-order valence-electron chi connectivity index (χ1n) is 17.1. The molecule has 1 unspecified atom stereocenters. The fourth-order valence-corrected chi connectivity index (χ4v) is 7.23. The number of halogens is 4. The van der Waals surface area contributed by atoms with E-state index in [1.165, 1.54) is 0 Å². The molecule has 1 saturated heterocycles. The molecule has 14 nitrogen and oxygen atoms in total. The number of hydrogen-bond acceptors (Lipinski definition) is 9. The van der Waals surface area contributed by atoms with E-state index >= 15 is 0 Å². The average Bonchev–Trinajstić information content (AvgIpc) is 3.75. The van der Waals surface area contributed by atoms with Gasteiger partial charge in [-0.3, -0.25) is 24.1 Å². The molecule has 278 valence electrons. The van der Waals surface area contributed by atoms with Crippen molar-refractivity contribution in [2.75, 3.05) is 37.6 Å². The number of piperazine rings is 1. The number of anilines is 1. The zero-order chi connectivity index (χ0) is 37.8. The summed E-state index contributed by atoms with van der Waals surface area (Å²) in [6.45, 7) is 4.64. The summed E-state index contributed by atoms with van der Waals surface area (Å²) in [4.78, 5) is 53.9. The molecule has 0 saturated carbocycles. The van der Waals surface area contributed by atoms with Crippen LogP contribution in [-0.2, 0) is 29.6 Å². The maximum absolute atomic E-state index is 14.4. The van der Waals surface area contributed by atoms with Crippen LogP contribution < -0.4 is 15.8 Å². The summed E-state index contributed by atoms with van der Waals surface area (Å²) in [7, 11) is 1.80. The molecule has 5 heterocycles. The fraction of sp³-hybridized carbons (Fsp3) is 0.400. The lowest BCUT2D eigenvalue weighted by molar-refractivity contribution is -0.124. The van der Waals surface area contributed by atoms with Crippen LogP contribution in [-0.4, -0.2) is 101 Å². The molecule has 1 aromatic carbocycles. The van der Waals surface area contributed by atoms with Crippen molar-refractivity contribution in [1.82, 2.24) is 39.2 Å². The quantitative estimate of drug-likeness (QED) is 0.289. The van der Waals surface area contributed by atoms with Crippen molar-refractivity contribution in [3.63, 3.8) is 0 Å². The van der Waals surface area contributed by atoms with Gasteiger partial charge in [0.1, 0.15) is 18.0 Å². The molecule has 0 bridgehead atoms. The Balaban J connectivity index is 1.25. The monoisotopic (exact) mass is 752 g/mol. The number of carbonyl (C=O) groups excluding carboxylic acids is 2. The highest BCUT2D eigenvalue weighted by Gasteiger charge is 2.36. The van der Waals surface area contributed by atoms with Gasteiger partial charge >= 0.3 is 6.18 Å². The number of allylic oxidation sites excluding steroid dienone is 2. The van der Waals surface area contributed by atoms with E-state index < -0.39 is 29.3 Å². The molecule has 1 aliphatic carbocycles. The van der Waals surface area contributed by atoms with Crippen LogP contribution in [0.4, 0.5) is 18.9 Å². The minimum Gasteiger partial charge on any atom is -0.506 e. The minimum absolute atomic E-state index is 0.0306. The molecule has 0 radical (unpaired) electrons. The zero-order valence-corrected chi connectivity index (χ0v) is 29.9. The first-order valence-corrected chi connectivity index (χ1v) is 17.5. The Bertz CT molecular complexity index is 2340. The molecule has 18 heteroatoms. The summed E-state index contributed by atoms with van der Waals surface area (Å²) < 4.78 is 44.3. The molecule has 0 spiro atoms. The Kier molecular flexibility index (Phi) is 9.38. The lowest BCUT2D eigenvalue weighted by Crippen LogP contribution is -2.52. The summed E-state index contributed by atoms with van der Waals surface area (Å²) in [6.07, 6.45) is -0.400. The van der Waals surface area contributed by atoms with Gasteiger partial charge in [-0.05, 0) is 43.9 Å². The van der Waals surface area contributed by atoms with Crippen molar-refractivity contribution in [3.8, 4) is 11.4 Å². The van der Waals surface area contributed by atoms with Crippen molar-refractivity contribution in [2.24, 2.45) is 12.0 Å². The van der Waals surface area contributed by atoms with Gasteiger partial charge in [-0.1, -0.05) is 36.7 Å². The van der Waals surface area contributed by atoms with E-state index in [1.807, 2.05) is 30.0 Å². The smallest absolute Gasteiger partial charge is 0.416 e. The number of aromatic nitrogens is 6. The number of alkyl halides is 3. The van der Waals surface area contributed by atoms with Gasteiger partial charge in [0.05, 0.1) is 29.0 Å². The Morgan fingerprint density at radius 2 is 1.91 bits per heavy atom. The number of benzene rings is 1. The van der Waals surface area contributed by atoms with Crippen LogP contribution >= 0.6 is 11.6 Å². The summed E-state index contributed by atoms with van der Waals surface area (Å²) in [5, 5.41) is 22.8. The summed E-state index contributed by atoms with van der Waals surface area (Å²) in [6, 6.07) is 4.64.